The van der Waals surface area contributed by atoms with Crippen LogP contribution in [0.4, 0.5) is 4.39 Å². The highest BCUT2D eigenvalue weighted by molar-refractivity contribution is 5.93. The van der Waals surface area contributed by atoms with E-state index in [0.29, 0.717) is 28.7 Å². The molecule has 26 heavy (non-hydrogen) atoms. The Kier molecular flexibility index (Phi) is 5.15. The number of benzene rings is 2. The standard InChI is InChI=1S/C20H22FN3O2/c1-12-23-19-16(4-3-5-17(19)20(26)24(12)2)14-6-7-18(21)15(9-14)8-13(10-22)11-25/h3-7,9,13,25H,8,10-11,22H2,1-2H3. The minimum Gasteiger partial charge on any atom is -0.396 e. The van der Waals surface area contributed by atoms with Gasteiger partial charge in [-0.15, -0.1) is 0 Å². The zero-order valence-corrected chi connectivity index (χ0v) is 14.9. The first-order valence-corrected chi connectivity index (χ1v) is 8.52. The van der Waals surface area contributed by atoms with Crippen LogP contribution in [0.3, 0.4) is 0 Å². The Morgan fingerprint density at radius 3 is 2.77 bits per heavy atom. The second-order valence-electron chi connectivity index (χ2n) is 6.52. The van der Waals surface area contributed by atoms with E-state index in [1.54, 1.807) is 38.2 Å². The first-order chi connectivity index (χ1) is 12.5. The highest BCUT2D eigenvalue weighted by Gasteiger charge is 2.14. The SMILES string of the molecule is Cc1nc2c(-c3ccc(F)c(CC(CN)CO)c3)cccc2c(=O)n1C. The van der Waals surface area contributed by atoms with E-state index in [4.69, 9.17) is 5.73 Å². The van der Waals surface area contributed by atoms with Crippen LogP contribution < -0.4 is 11.3 Å². The topological polar surface area (TPSA) is 81.1 Å². The van der Waals surface area contributed by atoms with E-state index in [9.17, 15) is 14.3 Å². The molecule has 0 radical (unpaired) electrons. The molecule has 0 bridgehead atoms. The molecular weight excluding hydrogens is 333 g/mol. The maximum absolute atomic E-state index is 14.2. The van der Waals surface area contributed by atoms with Crippen LogP contribution in [0.1, 0.15) is 11.4 Å². The van der Waals surface area contributed by atoms with Crippen molar-refractivity contribution in [3.8, 4) is 11.1 Å². The van der Waals surface area contributed by atoms with Crippen molar-refractivity contribution in [2.75, 3.05) is 13.2 Å². The number of halogens is 1. The van der Waals surface area contributed by atoms with Gasteiger partial charge in [-0.1, -0.05) is 18.2 Å². The van der Waals surface area contributed by atoms with Crippen LogP contribution in [-0.2, 0) is 13.5 Å². The molecule has 1 atom stereocenters. The van der Waals surface area contributed by atoms with Crippen LogP contribution in [0.15, 0.2) is 41.2 Å². The molecule has 1 heterocycles. The van der Waals surface area contributed by atoms with E-state index in [1.165, 1.54) is 10.6 Å². The minimum absolute atomic E-state index is 0.0920. The van der Waals surface area contributed by atoms with Crippen LogP contribution >= 0.6 is 0 Å². The predicted molar refractivity (Wildman–Crippen MR) is 100 cm³/mol. The summed E-state index contributed by atoms with van der Waals surface area (Å²) in [5.74, 6) is 0.0848. The third kappa shape index (κ3) is 3.25. The molecule has 0 saturated carbocycles. The molecule has 6 heteroatoms. The van der Waals surface area contributed by atoms with Crippen molar-refractivity contribution in [3.05, 3.63) is 64.0 Å². The van der Waals surface area contributed by atoms with Gasteiger partial charge in [0.25, 0.3) is 5.56 Å². The normalized spacial score (nSPS) is 12.5. The number of nitrogens with zero attached hydrogens (tertiary/aromatic N) is 2. The largest absolute Gasteiger partial charge is 0.396 e. The van der Waals surface area contributed by atoms with Crippen molar-refractivity contribution in [2.24, 2.45) is 18.7 Å². The fourth-order valence-electron chi connectivity index (χ4n) is 3.07. The molecule has 1 aromatic heterocycles. The molecule has 0 aliphatic rings. The average molecular weight is 355 g/mol. The molecule has 136 valence electrons. The van der Waals surface area contributed by atoms with E-state index in [0.717, 1.165) is 11.1 Å². The predicted octanol–water partition coefficient (Wildman–Crippen LogP) is 2.16. The van der Waals surface area contributed by atoms with Gasteiger partial charge >= 0.3 is 0 Å². The minimum atomic E-state index is -0.332. The van der Waals surface area contributed by atoms with Crippen LogP contribution in [0.5, 0.6) is 0 Å². The van der Waals surface area contributed by atoms with Gasteiger partial charge in [-0.3, -0.25) is 9.36 Å². The number of para-hydroxylation sites is 1. The van der Waals surface area contributed by atoms with Gasteiger partial charge in [-0.05, 0) is 55.1 Å². The third-order valence-corrected chi connectivity index (χ3v) is 4.79. The fraction of sp³-hybridized carbons (Fsp3) is 0.300. The Morgan fingerprint density at radius 2 is 2.08 bits per heavy atom. The molecule has 0 aliphatic heterocycles. The van der Waals surface area contributed by atoms with Crippen molar-refractivity contribution in [1.29, 1.82) is 0 Å². The Balaban J connectivity index is 2.17. The quantitative estimate of drug-likeness (QED) is 0.735. The molecule has 0 amide bonds. The van der Waals surface area contributed by atoms with Crippen molar-refractivity contribution in [3.63, 3.8) is 0 Å². The van der Waals surface area contributed by atoms with Crippen LogP contribution in [0.2, 0.25) is 0 Å². The zero-order valence-electron chi connectivity index (χ0n) is 14.9. The Hall–Kier alpha value is -2.57. The smallest absolute Gasteiger partial charge is 0.261 e. The van der Waals surface area contributed by atoms with Gasteiger partial charge < -0.3 is 10.8 Å². The first-order valence-electron chi connectivity index (χ1n) is 8.52. The molecular formula is C20H22FN3O2. The van der Waals surface area contributed by atoms with Crippen molar-refractivity contribution in [1.82, 2.24) is 9.55 Å². The molecule has 0 saturated heterocycles. The van der Waals surface area contributed by atoms with E-state index >= 15 is 0 Å². The summed E-state index contributed by atoms with van der Waals surface area (Å²) in [5.41, 5.74) is 8.16. The summed E-state index contributed by atoms with van der Waals surface area (Å²) in [7, 11) is 1.69. The highest BCUT2D eigenvalue weighted by Crippen LogP contribution is 2.28. The number of aryl methyl sites for hydroxylation is 1. The molecule has 3 rings (SSSR count). The molecule has 2 aromatic carbocycles. The number of aliphatic hydroxyl groups excluding tert-OH is 1. The average Bonchev–Trinajstić information content (AvgIpc) is 2.65. The van der Waals surface area contributed by atoms with E-state index in [2.05, 4.69) is 4.98 Å². The fourth-order valence-corrected chi connectivity index (χ4v) is 3.07. The molecule has 0 aliphatic carbocycles. The van der Waals surface area contributed by atoms with Crippen LogP contribution in [-0.4, -0.2) is 27.8 Å². The summed E-state index contributed by atoms with van der Waals surface area (Å²) in [6, 6.07) is 10.2. The molecule has 0 fully saturated rings. The summed E-state index contributed by atoms with van der Waals surface area (Å²) in [6.45, 7) is 1.97. The number of fused-ring (bicyclic) bond motifs is 1. The molecule has 3 N–H and O–H groups in total. The molecule has 3 aromatic rings. The maximum atomic E-state index is 14.2. The van der Waals surface area contributed by atoms with E-state index < -0.39 is 0 Å². The first kappa shape index (κ1) is 18.2. The molecule has 0 spiro atoms. The van der Waals surface area contributed by atoms with E-state index in [1.807, 2.05) is 6.07 Å². The van der Waals surface area contributed by atoms with Gasteiger partial charge in [0.1, 0.15) is 11.6 Å². The van der Waals surface area contributed by atoms with Gasteiger partial charge in [-0.2, -0.15) is 0 Å². The summed E-state index contributed by atoms with van der Waals surface area (Å²) in [5, 5.41) is 9.87. The molecule has 1 unspecified atom stereocenters. The highest BCUT2D eigenvalue weighted by atomic mass is 19.1. The number of hydrogen-bond donors (Lipinski definition) is 2. The van der Waals surface area contributed by atoms with Crippen LogP contribution in [0, 0.1) is 18.7 Å². The van der Waals surface area contributed by atoms with Gasteiger partial charge in [0, 0.05) is 19.2 Å². The number of rotatable bonds is 5. The number of aromatic nitrogens is 2. The lowest BCUT2D eigenvalue weighted by atomic mass is 9.95. The van der Waals surface area contributed by atoms with E-state index in [-0.39, 0.29) is 30.4 Å². The number of hydrogen-bond acceptors (Lipinski definition) is 4. The van der Waals surface area contributed by atoms with Gasteiger partial charge in [0.05, 0.1) is 10.9 Å². The molecule has 5 nitrogen and oxygen atoms in total. The van der Waals surface area contributed by atoms with Gasteiger partial charge in [0.15, 0.2) is 0 Å². The Morgan fingerprint density at radius 1 is 1.31 bits per heavy atom. The van der Waals surface area contributed by atoms with Crippen molar-refractivity contribution < 1.29 is 9.50 Å². The summed E-state index contributed by atoms with van der Waals surface area (Å²) in [6.07, 6.45) is 0.353. The second-order valence-corrected chi connectivity index (χ2v) is 6.52. The van der Waals surface area contributed by atoms with Gasteiger partial charge in [-0.25, -0.2) is 9.37 Å². The lowest BCUT2D eigenvalue weighted by molar-refractivity contribution is 0.229. The third-order valence-electron chi connectivity index (χ3n) is 4.79. The van der Waals surface area contributed by atoms with Gasteiger partial charge in [0.2, 0.25) is 0 Å². The zero-order chi connectivity index (χ0) is 18.8. The lowest BCUT2D eigenvalue weighted by Crippen LogP contribution is -2.21. The number of aliphatic hydroxyl groups is 1. The second kappa shape index (κ2) is 7.35. The summed E-state index contributed by atoms with van der Waals surface area (Å²) < 4.78 is 15.7. The monoisotopic (exact) mass is 355 g/mol. The maximum Gasteiger partial charge on any atom is 0.261 e. The number of nitrogens with two attached hydrogens (primary N) is 1. The van der Waals surface area contributed by atoms with Crippen molar-refractivity contribution >= 4 is 10.9 Å². The summed E-state index contributed by atoms with van der Waals surface area (Å²) in [4.78, 5) is 17.1. The Labute approximate surface area is 150 Å². The lowest BCUT2D eigenvalue weighted by Gasteiger charge is -2.14. The summed E-state index contributed by atoms with van der Waals surface area (Å²) >= 11 is 0. The van der Waals surface area contributed by atoms with Crippen molar-refractivity contribution in [2.45, 2.75) is 13.3 Å². The Bertz CT molecular complexity index is 1010. The van der Waals surface area contributed by atoms with Crippen LogP contribution in [0.25, 0.3) is 22.0 Å².